The Morgan fingerprint density at radius 2 is 1.74 bits per heavy atom. The van der Waals surface area contributed by atoms with Gasteiger partial charge in [-0.1, -0.05) is 50.2 Å². The molecular weight excluding hydrogens is 608 g/mol. The molecule has 5 rings (SSSR count). The van der Waals surface area contributed by atoms with E-state index >= 15 is 4.39 Å². The molecule has 0 fully saturated rings. The van der Waals surface area contributed by atoms with Gasteiger partial charge in [0.25, 0.3) is 11.8 Å². The highest BCUT2D eigenvalue weighted by atomic mass is 32.1. The van der Waals surface area contributed by atoms with Gasteiger partial charge < -0.3 is 15.8 Å². The summed E-state index contributed by atoms with van der Waals surface area (Å²) >= 11 is 1.11. The smallest absolute Gasteiger partial charge is 0.261 e. The SMILES string of the molecule is CC(=N)OC(=N)c1c(CC(F)c2ccc(F)cc2)nc(CC(C)C)c(C(N)=O)c1-c1ccc(C(=O)N[C@@H]2CCc3ccccc32)s1. The van der Waals surface area contributed by atoms with Gasteiger partial charge in [-0.2, -0.15) is 0 Å². The van der Waals surface area contributed by atoms with Crippen molar-refractivity contribution in [3.8, 4) is 10.4 Å². The third-order valence-electron chi connectivity index (χ3n) is 7.80. The molecule has 8 nitrogen and oxygen atoms in total. The van der Waals surface area contributed by atoms with Gasteiger partial charge in [-0.15, -0.1) is 11.3 Å². The van der Waals surface area contributed by atoms with Crippen LogP contribution in [0.1, 0.15) is 93.1 Å². The maximum absolute atomic E-state index is 15.8. The third-order valence-corrected chi connectivity index (χ3v) is 8.90. The molecular formula is C35H35F2N5O3S. The molecule has 0 spiro atoms. The van der Waals surface area contributed by atoms with E-state index in [0.717, 1.165) is 41.9 Å². The maximum atomic E-state index is 15.8. The number of pyridine rings is 1. The quantitative estimate of drug-likeness (QED) is 0.107. The number of amides is 2. The molecule has 0 radical (unpaired) electrons. The van der Waals surface area contributed by atoms with Crippen LogP contribution in [0.25, 0.3) is 10.4 Å². The molecule has 1 unspecified atom stereocenters. The van der Waals surface area contributed by atoms with Crippen LogP contribution in [0.4, 0.5) is 8.78 Å². The minimum Gasteiger partial charge on any atom is -0.425 e. The molecule has 2 aromatic heterocycles. The number of fused-ring (bicyclic) bond motifs is 1. The molecule has 11 heteroatoms. The number of benzene rings is 2. The number of hydrogen-bond acceptors (Lipinski definition) is 7. The first kappa shape index (κ1) is 32.6. The van der Waals surface area contributed by atoms with E-state index < -0.39 is 23.8 Å². The predicted molar refractivity (Wildman–Crippen MR) is 175 cm³/mol. The largest absolute Gasteiger partial charge is 0.425 e. The summed E-state index contributed by atoms with van der Waals surface area (Å²) in [5, 5.41) is 19.8. The lowest BCUT2D eigenvalue weighted by Crippen LogP contribution is -2.26. The Morgan fingerprint density at radius 3 is 2.41 bits per heavy atom. The van der Waals surface area contributed by atoms with E-state index in [1.54, 1.807) is 12.1 Å². The van der Waals surface area contributed by atoms with Crippen LogP contribution in [0.3, 0.4) is 0 Å². The van der Waals surface area contributed by atoms with Gasteiger partial charge in [-0.3, -0.25) is 25.4 Å². The van der Waals surface area contributed by atoms with Crippen molar-refractivity contribution in [1.29, 1.82) is 10.8 Å². The molecule has 0 aliphatic heterocycles. The average Bonchev–Trinajstić information content (AvgIpc) is 3.64. The number of thiophene rings is 1. The summed E-state index contributed by atoms with van der Waals surface area (Å²) in [5.41, 5.74) is 9.11. The van der Waals surface area contributed by atoms with E-state index in [-0.39, 0.29) is 58.1 Å². The molecule has 2 aromatic carbocycles. The van der Waals surface area contributed by atoms with Crippen LogP contribution in [0.15, 0.2) is 60.7 Å². The molecule has 46 heavy (non-hydrogen) atoms. The normalized spacial score (nSPS) is 14.5. The van der Waals surface area contributed by atoms with Crippen LogP contribution < -0.4 is 11.1 Å². The number of nitrogens with one attached hydrogen (secondary N) is 3. The highest BCUT2D eigenvalue weighted by molar-refractivity contribution is 7.17. The van der Waals surface area contributed by atoms with Crippen molar-refractivity contribution < 1.29 is 23.1 Å². The van der Waals surface area contributed by atoms with E-state index in [9.17, 15) is 14.0 Å². The van der Waals surface area contributed by atoms with E-state index in [2.05, 4.69) is 16.4 Å². The summed E-state index contributed by atoms with van der Waals surface area (Å²) in [5.74, 6) is -2.38. The van der Waals surface area contributed by atoms with Crippen LogP contribution in [0.2, 0.25) is 0 Å². The van der Waals surface area contributed by atoms with Crippen LogP contribution >= 0.6 is 11.3 Å². The standard InChI is InChI=1S/C35H35F2N5O3S/c1-18(2)16-26-30(33(39)43)32(28-14-15-29(46-28)35(44)42-25-13-10-20-6-4-5-7-23(20)25)31(34(40)45-19(3)38)27(41-26)17-24(37)21-8-11-22(36)12-9-21/h4-9,11-12,14-15,18,24-25,38,40H,10,13,16-17H2,1-3H3,(H2,39,43)(H,42,44)/t24?,25-/m1/s1. The molecule has 1 aliphatic carbocycles. The van der Waals surface area contributed by atoms with E-state index in [1.807, 2.05) is 32.0 Å². The number of primary amides is 1. The zero-order valence-corrected chi connectivity index (χ0v) is 26.6. The zero-order chi connectivity index (χ0) is 33.1. The van der Waals surface area contributed by atoms with Crippen LogP contribution in [0, 0.1) is 22.6 Å². The van der Waals surface area contributed by atoms with Crippen molar-refractivity contribution >= 4 is 34.9 Å². The van der Waals surface area contributed by atoms with Gasteiger partial charge in [0.15, 0.2) is 5.90 Å². The molecule has 0 saturated carbocycles. The topological polar surface area (TPSA) is 142 Å². The Morgan fingerprint density at radius 1 is 1.04 bits per heavy atom. The third kappa shape index (κ3) is 7.04. The number of aryl methyl sites for hydroxylation is 1. The van der Waals surface area contributed by atoms with Gasteiger partial charge in [-0.25, -0.2) is 8.78 Å². The minimum atomic E-state index is -1.64. The molecule has 2 heterocycles. The number of carbonyl (C=O) groups excluding carboxylic acids is 2. The summed E-state index contributed by atoms with van der Waals surface area (Å²) < 4.78 is 34.8. The highest BCUT2D eigenvalue weighted by Gasteiger charge is 2.31. The van der Waals surface area contributed by atoms with Crippen molar-refractivity contribution in [1.82, 2.24) is 10.3 Å². The van der Waals surface area contributed by atoms with Crippen LogP contribution in [-0.4, -0.2) is 28.6 Å². The van der Waals surface area contributed by atoms with Gasteiger partial charge >= 0.3 is 0 Å². The fourth-order valence-electron chi connectivity index (χ4n) is 5.82. The minimum absolute atomic E-state index is 0.00352. The second-order valence-corrected chi connectivity index (χ2v) is 12.8. The fourth-order valence-corrected chi connectivity index (χ4v) is 6.79. The second-order valence-electron chi connectivity index (χ2n) is 11.7. The zero-order valence-electron chi connectivity index (χ0n) is 25.7. The number of ether oxygens (including phenoxy) is 1. The van der Waals surface area contributed by atoms with Gasteiger partial charge in [0.1, 0.15) is 12.0 Å². The Labute approximate surface area is 270 Å². The van der Waals surface area contributed by atoms with Gasteiger partial charge in [-0.05, 0) is 66.1 Å². The number of rotatable bonds is 10. The van der Waals surface area contributed by atoms with E-state index in [4.69, 9.17) is 21.3 Å². The summed E-state index contributed by atoms with van der Waals surface area (Å²) in [4.78, 5) is 32.1. The Balaban J connectivity index is 1.63. The first-order valence-corrected chi connectivity index (χ1v) is 15.8. The first-order chi connectivity index (χ1) is 21.9. The van der Waals surface area contributed by atoms with Gasteiger partial charge in [0.05, 0.1) is 33.4 Å². The number of carbonyl (C=O) groups is 2. The van der Waals surface area contributed by atoms with Crippen molar-refractivity contribution in [3.63, 3.8) is 0 Å². The molecule has 1 aliphatic rings. The lowest BCUT2D eigenvalue weighted by Gasteiger charge is -2.21. The molecule has 5 N–H and O–H groups in total. The monoisotopic (exact) mass is 643 g/mol. The summed E-state index contributed by atoms with van der Waals surface area (Å²) in [7, 11) is 0. The van der Waals surface area contributed by atoms with Crippen molar-refractivity contribution in [2.45, 2.75) is 58.7 Å². The first-order valence-electron chi connectivity index (χ1n) is 15.0. The molecule has 2 amide bonds. The lowest BCUT2D eigenvalue weighted by molar-refractivity contribution is 0.0939. The van der Waals surface area contributed by atoms with Crippen molar-refractivity contribution in [2.24, 2.45) is 11.7 Å². The van der Waals surface area contributed by atoms with Gasteiger partial charge in [0.2, 0.25) is 5.90 Å². The number of halogens is 2. The number of nitrogens with two attached hydrogens (primary N) is 1. The Bertz CT molecular complexity index is 1820. The predicted octanol–water partition coefficient (Wildman–Crippen LogP) is 7.26. The molecule has 2 atom stereocenters. The number of nitrogens with zero attached hydrogens (tertiary/aromatic N) is 1. The lowest BCUT2D eigenvalue weighted by atomic mass is 9.90. The number of hydrogen-bond donors (Lipinski definition) is 4. The summed E-state index contributed by atoms with van der Waals surface area (Å²) in [6.07, 6.45) is -0.00656. The second kappa shape index (κ2) is 13.7. The van der Waals surface area contributed by atoms with Gasteiger partial charge in [0, 0.05) is 23.8 Å². The summed E-state index contributed by atoms with van der Waals surface area (Å²) in [6.45, 7) is 5.22. The number of alkyl halides is 1. The Hall–Kier alpha value is -4.77. The fraction of sp³-hybridized carbons (Fsp3) is 0.286. The maximum Gasteiger partial charge on any atom is 0.261 e. The van der Waals surface area contributed by atoms with Crippen LogP contribution in [-0.2, 0) is 24.0 Å². The molecule has 4 aromatic rings. The van der Waals surface area contributed by atoms with Crippen molar-refractivity contribution in [3.05, 3.63) is 111 Å². The van der Waals surface area contributed by atoms with Crippen LogP contribution in [0.5, 0.6) is 0 Å². The molecule has 0 saturated heterocycles. The molecule has 238 valence electrons. The van der Waals surface area contributed by atoms with E-state index in [1.165, 1.54) is 24.6 Å². The van der Waals surface area contributed by atoms with Crippen molar-refractivity contribution in [2.75, 3.05) is 0 Å². The number of aromatic nitrogens is 1. The highest BCUT2D eigenvalue weighted by Crippen LogP contribution is 2.39. The summed E-state index contributed by atoms with van der Waals surface area (Å²) in [6, 6.07) is 16.1. The molecule has 0 bridgehead atoms. The van der Waals surface area contributed by atoms with E-state index in [0.29, 0.717) is 21.9 Å². The average molecular weight is 644 g/mol. The Kier molecular flexibility index (Phi) is 9.71.